The van der Waals surface area contributed by atoms with E-state index in [1.54, 1.807) is 0 Å². The van der Waals surface area contributed by atoms with E-state index >= 15 is 0 Å². The van der Waals surface area contributed by atoms with Crippen LogP contribution in [0, 0.1) is 0 Å². The Morgan fingerprint density at radius 1 is 1.43 bits per heavy atom. The number of carbonyl (C=O) groups is 1. The van der Waals surface area contributed by atoms with E-state index in [9.17, 15) is 4.79 Å². The maximum Gasteiger partial charge on any atom is 0.320 e. The largest absolute Gasteiger partial charge is 0.465 e. The van der Waals surface area contributed by atoms with Crippen molar-refractivity contribution in [2.75, 3.05) is 26.2 Å². The third-order valence-electron chi connectivity index (χ3n) is 1.59. The molecule has 0 saturated heterocycles. The van der Waals surface area contributed by atoms with Crippen LogP contribution in [0.2, 0.25) is 0 Å². The van der Waals surface area contributed by atoms with E-state index in [1.807, 2.05) is 11.8 Å². The summed E-state index contributed by atoms with van der Waals surface area (Å²) < 4.78 is 5.76. The minimum Gasteiger partial charge on any atom is -0.465 e. The van der Waals surface area contributed by atoms with Crippen LogP contribution < -0.4 is 0 Å². The first-order valence-corrected chi connectivity index (χ1v) is 5.60. The molecule has 4 heteroatoms. The number of hydrogen-bond donors (Lipinski definition) is 0. The van der Waals surface area contributed by atoms with Crippen molar-refractivity contribution < 1.29 is 9.53 Å². The van der Waals surface area contributed by atoms with Gasteiger partial charge in [0, 0.05) is 11.0 Å². The summed E-state index contributed by atoms with van der Waals surface area (Å²) in [4.78, 5) is 13.2. The van der Waals surface area contributed by atoms with E-state index in [4.69, 9.17) is 4.74 Å². The average Bonchev–Trinajstić information content (AvgIpc) is 2.03. The van der Waals surface area contributed by atoms with Gasteiger partial charge in [0.1, 0.15) is 0 Å². The molecule has 3 nitrogen and oxygen atoms in total. The molecule has 0 saturated carbocycles. The summed E-state index contributed by atoms with van der Waals surface area (Å²) in [6.07, 6.45) is 1.01. The van der Waals surface area contributed by atoms with Gasteiger partial charge in [-0.3, -0.25) is 9.69 Å². The summed E-state index contributed by atoms with van der Waals surface area (Å²) >= 11 is 3.29. The maximum atomic E-state index is 11.2. The lowest BCUT2D eigenvalue weighted by Gasteiger charge is -2.19. The molecule has 0 aliphatic heterocycles. The molecular formula is C10H18BrNO2. The molecule has 0 bridgehead atoms. The topological polar surface area (TPSA) is 29.5 Å². The lowest BCUT2D eigenvalue weighted by molar-refractivity contribution is -0.144. The van der Waals surface area contributed by atoms with Crippen LogP contribution in [-0.2, 0) is 9.53 Å². The van der Waals surface area contributed by atoms with E-state index in [0.717, 1.165) is 17.4 Å². The van der Waals surface area contributed by atoms with Gasteiger partial charge < -0.3 is 4.74 Å². The summed E-state index contributed by atoms with van der Waals surface area (Å²) in [5, 5.41) is 0. The van der Waals surface area contributed by atoms with Crippen molar-refractivity contribution >= 4 is 21.9 Å². The van der Waals surface area contributed by atoms with Gasteiger partial charge in [0.15, 0.2) is 0 Å². The highest BCUT2D eigenvalue weighted by Crippen LogP contribution is 2.04. The minimum atomic E-state index is -0.172. The Labute approximate surface area is 94.2 Å². The SMILES string of the molecule is C=C(Br)CN(CCC)CC(=O)OCC. The molecule has 0 heterocycles. The van der Waals surface area contributed by atoms with Crippen molar-refractivity contribution in [2.45, 2.75) is 20.3 Å². The number of hydrogen-bond acceptors (Lipinski definition) is 3. The predicted molar refractivity (Wildman–Crippen MR) is 61.4 cm³/mol. The fraction of sp³-hybridized carbons (Fsp3) is 0.700. The predicted octanol–water partition coefficient (Wildman–Crippen LogP) is 2.17. The molecule has 0 fully saturated rings. The van der Waals surface area contributed by atoms with Crippen LogP contribution in [-0.4, -0.2) is 37.1 Å². The van der Waals surface area contributed by atoms with Crippen LogP contribution >= 0.6 is 15.9 Å². The number of nitrogens with zero attached hydrogens (tertiary/aromatic N) is 1. The van der Waals surface area contributed by atoms with Crippen LogP contribution in [0.15, 0.2) is 11.1 Å². The van der Waals surface area contributed by atoms with Crippen molar-refractivity contribution in [3.8, 4) is 0 Å². The molecular weight excluding hydrogens is 246 g/mol. The third-order valence-corrected chi connectivity index (χ3v) is 1.84. The van der Waals surface area contributed by atoms with Gasteiger partial charge >= 0.3 is 5.97 Å². The van der Waals surface area contributed by atoms with Gasteiger partial charge in [-0.1, -0.05) is 29.4 Å². The van der Waals surface area contributed by atoms with Gasteiger partial charge in [-0.05, 0) is 19.9 Å². The molecule has 0 aliphatic carbocycles. The molecule has 0 rings (SSSR count). The van der Waals surface area contributed by atoms with Crippen LogP contribution in [0.1, 0.15) is 20.3 Å². The first-order chi connectivity index (χ1) is 6.60. The molecule has 0 radical (unpaired) electrons. The number of ether oxygens (including phenoxy) is 1. The summed E-state index contributed by atoms with van der Waals surface area (Å²) in [6.45, 7) is 9.99. The summed E-state index contributed by atoms with van der Waals surface area (Å²) in [6, 6.07) is 0. The van der Waals surface area contributed by atoms with E-state index in [1.165, 1.54) is 0 Å². The van der Waals surface area contributed by atoms with Crippen molar-refractivity contribution in [1.29, 1.82) is 0 Å². The summed E-state index contributed by atoms with van der Waals surface area (Å²) in [7, 11) is 0. The average molecular weight is 264 g/mol. The third kappa shape index (κ3) is 7.09. The Morgan fingerprint density at radius 2 is 2.07 bits per heavy atom. The van der Waals surface area contributed by atoms with E-state index < -0.39 is 0 Å². The molecule has 0 aromatic heterocycles. The molecule has 0 aromatic rings. The van der Waals surface area contributed by atoms with Crippen LogP contribution in [0.25, 0.3) is 0 Å². The molecule has 14 heavy (non-hydrogen) atoms. The van der Waals surface area contributed by atoms with Crippen molar-refractivity contribution in [3.05, 3.63) is 11.1 Å². The second-order valence-electron chi connectivity index (χ2n) is 3.03. The molecule has 0 unspecified atom stereocenters. The van der Waals surface area contributed by atoms with Gasteiger partial charge in [0.05, 0.1) is 13.2 Å². The fourth-order valence-electron chi connectivity index (χ4n) is 1.16. The van der Waals surface area contributed by atoms with Crippen molar-refractivity contribution in [3.63, 3.8) is 0 Å². The number of halogens is 1. The molecule has 0 amide bonds. The zero-order chi connectivity index (χ0) is 11.0. The smallest absolute Gasteiger partial charge is 0.320 e. The zero-order valence-corrected chi connectivity index (χ0v) is 10.5. The lowest BCUT2D eigenvalue weighted by Crippen LogP contribution is -2.32. The van der Waals surface area contributed by atoms with Crippen molar-refractivity contribution in [1.82, 2.24) is 4.90 Å². The second kappa shape index (κ2) is 8.00. The molecule has 0 N–H and O–H groups in total. The van der Waals surface area contributed by atoms with Gasteiger partial charge in [-0.25, -0.2) is 0 Å². The monoisotopic (exact) mass is 263 g/mol. The molecule has 0 aromatic carbocycles. The highest BCUT2D eigenvalue weighted by molar-refractivity contribution is 9.11. The second-order valence-corrected chi connectivity index (χ2v) is 4.15. The maximum absolute atomic E-state index is 11.2. The summed E-state index contributed by atoms with van der Waals surface area (Å²) in [5.41, 5.74) is 0. The lowest BCUT2D eigenvalue weighted by atomic mass is 10.4. The highest BCUT2D eigenvalue weighted by Gasteiger charge is 2.10. The first-order valence-electron chi connectivity index (χ1n) is 4.81. The Morgan fingerprint density at radius 3 is 2.50 bits per heavy atom. The molecule has 0 atom stereocenters. The Balaban J connectivity index is 3.94. The van der Waals surface area contributed by atoms with Crippen LogP contribution in [0.5, 0.6) is 0 Å². The standard InChI is InChI=1S/C10H18BrNO2/c1-4-6-12(7-9(3)11)8-10(13)14-5-2/h3-8H2,1-2H3. The van der Waals surface area contributed by atoms with Crippen LogP contribution in [0.3, 0.4) is 0 Å². The number of rotatable bonds is 7. The van der Waals surface area contributed by atoms with E-state index in [2.05, 4.69) is 29.4 Å². The van der Waals surface area contributed by atoms with Gasteiger partial charge in [-0.15, -0.1) is 0 Å². The Bertz CT molecular complexity index is 195. The molecule has 0 spiro atoms. The molecule has 0 aliphatic rings. The van der Waals surface area contributed by atoms with E-state index in [-0.39, 0.29) is 5.97 Å². The van der Waals surface area contributed by atoms with Crippen LogP contribution in [0.4, 0.5) is 0 Å². The minimum absolute atomic E-state index is 0.172. The van der Waals surface area contributed by atoms with E-state index in [0.29, 0.717) is 19.7 Å². The van der Waals surface area contributed by atoms with Gasteiger partial charge in [-0.2, -0.15) is 0 Å². The Kier molecular flexibility index (Phi) is 7.80. The quantitative estimate of drug-likeness (QED) is 0.660. The van der Waals surface area contributed by atoms with Crippen molar-refractivity contribution in [2.24, 2.45) is 0 Å². The normalized spacial score (nSPS) is 10.3. The highest BCUT2D eigenvalue weighted by atomic mass is 79.9. The van der Waals surface area contributed by atoms with Gasteiger partial charge in [0.25, 0.3) is 0 Å². The summed E-state index contributed by atoms with van der Waals surface area (Å²) in [5.74, 6) is -0.172. The Hall–Kier alpha value is -0.350. The van der Waals surface area contributed by atoms with Gasteiger partial charge in [0.2, 0.25) is 0 Å². The number of esters is 1. The zero-order valence-electron chi connectivity index (χ0n) is 8.88. The number of carbonyl (C=O) groups excluding carboxylic acids is 1. The fourth-order valence-corrected chi connectivity index (χ4v) is 1.52. The molecule has 82 valence electrons. The first kappa shape index (κ1) is 13.7.